The maximum atomic E-state index is 12.1. The second-order valence-corrected chi connectivity index (χ2v) is 5.64. The number of furan rings is 1. The Bertz CT molecular complexity index is 743. The average Bonchev–Trinajstić information content (AvgIpc) is 3.19. The van der Waals surface area contributed by atoms with E-state index in [0.717, 1.165) is 10.6 Å². The summed E-state index contributed by atoms with van der Waals surface area (Å²) in [6.07, 6.45) is 0. The summed E-state index contributed by atoms with van der Waals surface area (Å²) in [6, 6.07) is 8.96. The third kappa shape index (κ3) is 2.90. The van der Waals surface area contributed by atoms with Gasteiger partial charge in [0.2, 0.25) is 0 Å². The van der Waals surface area contributed by atoms with Crippen molar-refractivity contribution < 1.29 is 13.7 Å². The molecule has 3 aromatic heterocycles. The van der Waals surface area contributed by atoms with Crippen LogP contribution >= 0.6 is 11.3 Å². The van der Waals surface area contributed by atoms with Crippen molar-refractivity contribution in [2.75, 3.05) is 0 Å². The van der Waals surface area contributed by atoms with Crippen molar-refractivity contribution in [3.05, 3.63) is 52.9 Å². The van der Waals surface area contributed by atoms with Gasteiger partial charge in [-0.1, -0.05) is 11.2 Å². The monoisotopic (exact) mass is 302 g/mol. The number of hydrogen-bond donors (Lipinski definition) is 1. The number of aryl methyl sites for hydroxylation is 1. The Kier molecular flexibility index (Phi) is 3.62. The van der Waals surface area contributed by atoms with Crippen LogP contribution in [-0.4, -0.2) is 11.1 Å². The van der Waals surface area contributed by atoms with Gasteiger partial charge in [0.15, 0.2) is 11.5 Å². The van der Waals surface area contributed by atoms with Crippen LogP contribution in [0, 0.1) is 6.92 Å². The highest BCUT2D eigenvalue weighted by molar-refractivity contribution is 7.13. The lowest BCUT2D eigenvalue weighted by Crippen LogP contribution is -2.26. The van der Waals surface area contributed by atoms with Gasteiger partial charge >= 0.3 is 0 Å². The van der Waals surface area contributed by atoms with Crippen molar-refractivity contribution in [2.24, 2.45) is 0 Å². The summed E-state index contributed by atoms with van der Waals surface area (Å²) in [5.41, 5.74) is 0.258. The summed E-state index contributed by atoms with van der Waals surface area (Å²) >= 11 is 1.53. The summed E-state index contributed by atoms with van der Waals surface area (Å²) in [4.78, 5) is 13.1. The number of carbonyl (C=O) groups excluding carboxylic acids is 1. The highest BCUT2D eigenvalue weighted by Gasteiger charge is 2.18. The van der Waals surface area contributed by atoms with E-state index in [4.69, 9.17) is 8.94 Å². The van der Waals surface area contributed by atoms with Crippen LogP contribution in [0.25, 0.3) is 10.6 Å². The Morgan fingerprint density at radius 3 is 2.90 bits per heavy atom. The molecule has 0 bridgehead atoms. The summed E-state index contributed by atoms with van der Waals surface area (Å²) in [5.74, 6) is 1.83. The van der Waals surface area contributed by atoms with Gasteiger partial charge in [-0.05, 0) is 37.4 Å². The minimum Gasteiger partial charge on any atom is -0.464 e. The highest BCUT2D eigenvalue weighted by Crippen LogP contribution is 2.25. The van der Waals surface area contributed by atoms with Crippen molar-refractivity contribution >= 4 is 17.2 Å². The summed E-state index contributed by atoms with van der Waals surface area (Å²) < 4.78 is 10.7. The Labute approximate surface area is 125 Å². The van der Waals surface area contributed by atoms with Crippen molar-refractivity contribution in [3.8, 4) is 10.6 Å². The van der Waals surface area contributed by atoms with Gasteiger partial charge in [0.05, 0.1) is 10.9 Å². The first-order chi connectivity index (χ1) is 10.1. The van der Waals surface area contributed by atoms with Crippen LogP contribution < -0.4 is 5.32 Å². The fourth-order valence-electron chi connectivity index (χ4n) is 1.94. The molecule has 108 valence electrons. The van der Waals surface area contributed by atoms with Gasteiger partial charge in [-0.3, -0.25) is 4.79 Å². The van der Waals surface area contributed by atoms with Gasteiger partial charge in [-0.15, -0.1) is 11.3 Å². The minimum atomic E-state index is -0.289. The number of rotatable bonds is 4. The molecule has 3 aromatic rings. The number of hydrogen-bond acceptors (Lipinski definition) is 5. The molecule has 0 radical (unpaired) electrons. The van der Waals surface area contributed by atoms with Gasteiger partial charge in [0, 0.05) is 6.07 Å². The Morgan fingerprint density at radius 1 is 1.38 bits per heavy atom. The van der Waals surface area contributed by atoms with Crippen LogP contribution in [0.5, 0.6) is 0 Å². The van der Waals surface area contributed by atoms with Crippen molar-refractivity contribution in [1.29, 1.82) is 0 Å². The lowest BCUT2D eigenvalue weighted by molar-refractivity contribution is 0.0926. The van der Waals surface area contributed by atoms with Gasteiger partial charge in [0.25, 0.3) is 5.91 Å². The van der Waals surface area contributed by atoms with Crippen LogP contribution in [0.3, 0.4) is 0 Å². The summed E-state index contributed by atoms with van der Waals surface area (Å²) in [5, 5.41) is 8.59. The maximum absolute atomic E-state index is 12.1. The van der Waals surface area contributed by atoms with E-state index in [1.807, 2.05) is 43.5 Å². The molecule has 1 amide bonds. The Hall–Kier alpha value is -2.34. The van der Waals surface area contributed by atoms with E-state index in [1.165, 1.54) is 11.3 Å². The fraction of sp³-hybridized carbons (Fsp3) is 0.200. The minimum absolute atomic E-state index is 0.229. The van der Waals surface area contributed by atoms with Crippen molar-refractivity contribution in [3.63, 3.8) is 0 Å². The molecular weight excluding hydrogens is 288 g/mol. The van der Waals surface area contributed by atoms with Crippen molar-refractivity contribution in [2.45, 2.75) is 19.9 Å². The number of carbonyl (C=O) groups is 1. The first kappa shape index (κ1) is 13.6. The van der Waals surface area contributed by atoms with E-state index in [0.29, 0.717) is 11.5 Å². The van der Waals surface area contributed by atoms with Gasteiger partial charge in [-0.2, -0.15) is 0 Å². The summed E-state index contributed by atoms with van der Waals surface area (Å²) in [7, 11) is 0. The van der Waals surface area contributed by atoms with Crippen LogP contribution in [0.2, 0.25) is 0 Å². The normalized spacial score (nSPS) is 12.3. The highest BCUT2D eigenvalue weighted by atomic mass is 32.1. The largest absolute Gasteiger partial charge is 0.464 e. The van der Waals surface area contributed by atoms with Gasteiger partial charge < -0.3 is 14.3 Å². The maximum Gasteiger partial charge on any atom is 0.274 e. The topological polar surface area (TPSA) is 68.3 Å². The smallest absolute Gasteiger partial charge is 0.274 e. The van der Waals surface area contributed by atoms with Gasteiger partial charge in [-0.25, -0.2) is 0 Å². The fourth-order valence-corrected chi connectivity index (χ4v) is 2.62. The third-order valence-corrected chi connectivity index (χ3v) is 3.93. The van der Waals surface area contributed by atoms with E-state index in [9.17, 15) is 4.79 Å². The number of nitrogens with zero attached hydrogens (tertiary/aromatic N) is 1. The molecule has 0 aliphatic rings. The second kappa shape index (κ2) is 5.57. The number of nitrogens with one attached hydrogen (secondary N) is 1. The molecule has 0 saturated heterocycles. The molecule has 0 fully saturated rings. The standard InChI is InChI=1S/C15H14N2O3S/c1-9-5-6-12(19-9)10(2)16-15(18)11-8-13(20-17-11)14-4-3-7-21-14/h3-8,10H,1-2H3,(H,16,18). The predicted octanol–water partition coefficient (Wildman–Crippen LogP) is 3.80. The molecule has 0 aliphatic carbocycles. The molecule has 0 aliphatic heterocycles. The van der Waals surface area contributed by atoms with Gasteiger partial charge in [0.1, 0.15) is 11.5 Å². The molecule has 1 N–H and O–H groups in total. The molecule has 21 heavy (non-hydrogen) atoms. The number of aromatic nitrogens is 1. The Balaban J connectivity index is 1.71. The average molecular weight is 302 g/mol. The Morgan fingerprint density at radius 2 is 2.24 bits per heavy atom. The van der Waals surface area contributed by atoms with E-state index < -0.39 is 0 Å². The molecule has 6 heteroatoms. The van der Waals surface area contributed by atoms with E-state index >= 15 is 0 Å². The van der Waals surface area contributed by atoms with E-state index in [1.54, 1.807) is 6.07 Å². The molecule has 0 saturated carbocycles. The molecule has 5 nitrogen and oxygen atoms in total. The van der Waals surface area contributed by atoms with Crippen molar-refractivity contribution in [1.82, 2.24) is 10.5 Å². The predicted molar refractivity (Wildman–Crippen MR) is 79.1 cm³/mol. The lowest BCUT2D eigenvalue weighted by atomic mass is 10.2. The molecule has 1 unspecified atom stereocenters. The summed E-state index contributed by atoms with van der Waals surface area (Å²) in [6.45, 7) is 3.72. The van der Waals surface area contributed by atoms with E-state index in [2.05, 4.69) is 10.5 Å². The quantitative estimate of drug-likeness (QED) is 0.796. The zero-order valence-corrected chi connectivity index (χ0v) is 12.4. The van der Waals surface area contributed by atoms with Crippen LogP contribution in [0.1, 0.15) is 35.0 Å². The second-order valence-electron chi connectivity index (χ2n) is 4.70. The third-order valence-electron chi connectivity index (χ3n) is 3.04. The SMILES string of the molecule is Cc1ccc(C(C)NC(=O)c2cc(-c3cccs3)on2)o1. The number of thiophene rings is 1. The molecule has 3 rings (SSSR count). The van der Waals surface area contributed by atoms with Crippen LogP contribution in [0.15, 0.2) is 44.7 Å². The lowest BCUT2D eigenvalue weighted by Gasteiger charge is -2.09. The molecule has 1 atom stereocenters. The first-order valence-electron chi connectivity index (χ1n) is 6.51. The van der Waals surface area contributed by atoms with Crippen LogP contribution in [0.4, 0.5) is 0 Å². The van der Waals surface area contributed by atoms with E-state index in [-0.39, 0.29) is 17.6 Å². The molecule has 0 spiro atoms. The number of amides is 1. The zero-order valence-electron chi connectivity index (χ0n) is 11.6. The first-order valence-corrected chi connectivity index (χ1v) is 7.39. The molecule has 0 aromatic carbocycles. The zero-order chi connectivity index (χ0) is 14.8. The molecular formula is C15H14N2O3S. The molecule has 3 heterocycles. The van der Waals surface area contributed by atoms with Crippen LogP contribution in [-0.2, 0) is 0 Å².